The number of aryl methyl sites for hydroxylation is 1. The highest BCUT2D eigenvalue weighted by molar-refractivity contribution is 5.91. The number of carboxylic acid groups (broad SMARTS) is 1. The van der Waals surface area contributed by atoms with Crippen molar-refractivity contribution in [1.29, 1.82) is 0 Å². The molecule has 1 aromatic heterocycles. The Hall–Kier alpha value is -3.28. The second-order valence-corrected chi connectivity index (χ2v) is 5.07. The van der Waals surface area contributed by atoms with Gasteiger partial charge in [0.1, 0.15) is 22.6 Å². The normalized spacial score (nSPS) is 10.7. The predicted octanol–water partition coefficient (Wildman–Crippen LogP) is 3.17. The molecular weight excluding hydrogens is 298 g/mol. The van der Waals surface area contributed by atoms with Crippen LogP contribution < -0.4 is 16.1 Å². The van der Waals surface area contributed by atoms with Crippen LogP contribution in [0.15, 0.2) is 51.7 Å². The molecule has 0 aliphatic rings. The molecule has 23 heavy (non-hydrogen) atoms. The number of benzene rings is 2. The summed E-state index contributed by atoms with van der Waals surface area (Å²) in [5.41, 5.74) is 6.27. The molecule has 3 aromatic rings. The third kappa shape index (κ3) is 2.87. The lowest BCUT2D eigenvalue weighted by atomic mass is 10.2. The van der Waals surface area contributed by atoms with Gasteiger partial charge in [-0.15, -0.1) is 0 Å². The van der Waals surface area contributed by atoms with Crippen LogP contribution in [0.1, 0.15) is 15.9 Å². The molecule has 0 atom stereocenters. The van der Waals surface area contributed by atoms with E-state index in [4.69, 9.17) is 20.0 Å². The van der Waals surface area contributed by atoms with Gasteiger partial charge in [0, 0.05) is 17.1 Å². The molecule has 0 aliphatic carbocycles. The summed E-state index contributed by atoms with van der Waals surface area (Å²) >= 11 is 0. The van der Waals surface area contributed by atoms with Crippen molar-refractivity contribution in [2.24, 2.45) is 0 Å². The Balaban J connectivity index is 1.99. The molecule has 3 N–H and O–H groups in total. The number of rotatable bonds is 3. The third-order valence-electron chi connectivity index (χ3n) is 3.41. The van der Waals surface area contributed by atoms with Crippen LogP contribution in [0.25, 0.3) is 11.0 Å². The van der Waals surface area contributed by atoms with Crippen LogP contribution >= 0.6 is 0 Å². The summed E-state index contributed by atoms with van der Waals surface area (Å²) in [4.78, 5) is 22.6. The Bertz CT molecular complexity index is 974. The minimum Gasteiger partial charge on any atom is -0.477 e. The zero-order valence-electron chi connectivity index (χ0n) is 12.2. The first-order valence-electron chi connectivity index (χ1n) is 6.79. The summed E-state index contributed by atoms with van der Waals surface area (Å²) in [7, 11) is 0. The first-order chi connectivity index (χ1) is 10.9. The number of ether oxygens (including phenoxy) is 1. The zero-order chi connectivity index (χ0) is 16.6. The van der Waals surface area contributed by atoms with Crippen molar-refractivity contribution in [3.63, 3.8) is 0 Å². The van der Waals surface area contributed by atoms with Crippen molar-refractivity contribution in [2.45, 2.75) is 6.92 Å². The van der Waals surface area contributed by atoms with E-state index in [9.17, 15) is 9.59 Å². The highest BCUT2D eigenvalue weighted by atomic mass is 16.5. The fraction of sp³-hybridized carbons (Fsp3) is 0.0588. The average molecular weight is 311 g/mol. The Morgan fingerprint density at radius 2 is 1.83 bits per heavy atom. The fourth-order valence-corrected chi connectivity index (χ4v) is 2.15. The second kappa shape index (κ2) is 5.49. The van der Waals surface area contributed by atoms with Crippen molar-refractivity contribution in [2.75, 3.05) is 5.73 Å². The van der Waals surface area contributed by atoms with E-state index in [2.05, 4.69) is 0 Å². The summed E-state index contributed by atoms with van der Waals surface area (Å²) in [5, 5.41) is 9.43. The molecule has 116 valence electrons. The molecule has 0 fully saturated rings. The maximum absolute atomic E-state index is 11.6. The van der Waals surface area contributed by atoms with Gasteiger partial charge in [0.15, 0.2) is 0 Å². The van der Waals surface area contributed by atoms with Crippen molar-refractivity contribution >= 4 is 22.6 Å². The smallest absolute Gasteiger partial charge is 0.351 e. The molecule has 1 heterocycles. The van der Waals surface area contributed by atoms with Crippen LogP contribution in [-0.2, 0) is 0 Å². The van der Waals surface area contributed by atoms with E-state index in [0.29, 0.717) is 22.6 Å². The van der Waals surface area contributed by atoms with Crippen molar-refractivity contribution in [3.05, 3.63) is 64.0 Å². The highest BCUT2D eigenvalue weighted by Crippen LogP contribution is 2.27. The van der Waals surface area contributed by atoms with Crippen molar-refractivity contribution in [1.82, 2.24) is 0 Å². The monoisotopic (exact) mass is 311 g/mol. The molecule has 6 nitrogen and oxygen atoms in total. The van der Waals surface area contributed by atoms with E-state index in [1.165, 1.54) is 12.1 Å². The van der Waals surface area contributed by atoms with Gasteiger partial charge in [0.25, 0.3) is 0 Å². The van der Waals surface area contributed by atoms with Crippen LogP contribution in [0.3, 0.4) is 0 Å². The van der Waals surface area contributed by atoms with E-state index in [1.54, 1.807) is 30.3 Å². The molecule has 0 saturated heterocycles. The summed E-state index contributed by atoms with van der Waals surface area (Å²) < 4.78 is 10.7. The van der Waals surface area contributed by atoms with Gasteiger partial charge >= 0.3 is 11.6 Å². The first-order valence-corrected chi connectivity index (χ1v) is 6.79. The zero-order valence-corrected chi connectivity index (χ0v) is 12.2. The molecule has 6 heteroatoms. The van der Waals surface area contributed by atoms with E-state index in [0.717, 1.165) is 5.56 Å². The van der Waals surface area contributed by atoms with Gasteiger partial charge < -0.3 is 20.0 Å². The number of fused-ring (bicyclic) bond motifs is 1. The molecule has 0 radical (unpaired) electrons. The molecule has 0 aliphatic heterocycles. The molecule has 2 aromatic carbocycles. The Morgan fingerprint density at radius 3 is 2.52 bits per heavy atom. The van der Waals surface area contributed by atoms with E-state index >= 15 is 0 Å². The lowest BCUT2D eigenvalue weighted by Gasteiger charge is -2.08. The van der Waals surface area contributed by atoms with Gasteiger partial charge in [0.2, 0.25) is 0 Å². The van der Waals surface area contributed by atoms with Crippen LogP contribution in [-0.4, -0.2) is 11.1 Å². The number of hydrogen-bond acceptors (Lipinski definition) is 5. The summed E-state index contributed by atoms with van der Waals surface area (Å²) in [6.07, 6.45) is 0. The van der Waals surface area contributed by atoms with E-state index < -0.39 is 17.2 Å². The maximum atomic E-state index is 11.6. The number of hydrogen-bond donors (Lipinski definition) is 2. The Morgan fingerprint density at radius 1 is 1.13 bits per heavy atom. The van der Waals surface area contributed by atoms with Crippen molar-refractivity contribution < 1.29 is 19.1 Å². The number of anilines is 1. The number of carboxylic acids is 1. The minimum absolute atomic E-state index is 0.254. The SMILES string of the molecule is Cc1cc(Oc2ccc3cc(C(=O)O)c(=O)oc3c2)ccc1N. The lowest BCUT2D eigenvalue weighted by Crippen LogP contribution is -2.12. The Labute approximate surface area is 130 Å². The van der Waals surface area contributed by atoms with Gasteiger partial charge in [-0.1, -0.05) is 0 Å². The largest absolute Gasteiger partial charge is 0.477 e. The van der Waals surface area contributed by atoms with E-state index in [1.807, 2.05) is 6.92 Å². The molecule has 0 spiro atoms. The third-order valence-corrected chi connectivity index (χ3v) is 3.41. The maximum Gasteiger partial charge on any atom is 0.351 e. The minimum atomic E-state index is -1.32. The quantitative estimate of drug-likeness (QED) is 0.569. The van der Waals surface area contributed by atoms with Gasteiger partial charge in [-0.3, -0.25) is 0 Å². The van der Waals surface area contributed by atoms with E-state index in [-0.39, 0.29) is 5.58 Å². The summed E-state index contributed by atoms with van der Waals surface area (Å²) in [6.45, 7) is 1.87. The van der Waals surface area contributed by atoms with Crippen LogP contribution in [0.2, 0.25) is 0 Å². The van der Waals surface area contributed by atoms with Crippen LogP contribution in [0.5, 0.6) is 11.5 Å². The summed E-state index contributed by atoms with van der Waals surface area (Å²) in [5.74, 6) is -0.258. The molecule has 0 bridgehead atoms. The molecule has 0 unspecified atom stereocenters. The second-order valence-electron chi connectivity index (χ2n) is 5.07. The molecule has 0 saturated carbocycles. The number of carbonyl (C=O) groups is 1. The van der Waals surface area contributed by atoms with Gasteiger partial charge in [-0.2, -0.15) is 0 Å². The van der Waals surface area contributed by atoms with Gasteiger partial charge in [0.05, 0.1) is 0 Å². The topological polar surface area (TPSA) is 103 Å². The molecular formula is C17H13NO5. The number of nitrogen functional groups attached to an aromatic ring is 1. The number of aromatic carboxylic acids is 1. The Kier molecular flexibility index (Phi) is 3.50. The fourth-order valence-electron chi connectivity index (χ4n) is 2.15. The highest BCUT2D eigenvalue weighted by Gasteiger charge is 2.12. The number of nitrogens with two attached hydrogens (primary N) is 1. The lowest BCUT2D eigenvalue weighted by molar-refractivity contribution is 0.0692. The van der Waals surface area contributed by atoms with Crippen LogP contribution in [0, 0.1) is 6.92 Å². The predicted molar refractivity (Wildman–Crippen MR) is 85.1 cm³/mol. The average Bonchev–Trinajstić information content (AvgIpc) is 2.50. The van der Waals surface area contributed by atoms with Crippen molar-refractivity contribution in [3.8, 4) is 11.5 Å². The summed E-state index contributed by atoms with van der Waals surface area (Å²) in [6, 6.07) is 11.4. The first kappa shape index (κ1) is 14.6. The van der Waals surface area contributed by atoms with Gasteiger partial charge in [-0.25, -0.2) is 9.59 Å². The van der Waals surface area contributed by atoms with Gasteiger partial charge in [-0.05, 0) is 48.9 Å². The molecule has 0 amide bonds. The van der Waals surface area contributed by atoms with Crippen LogP contribution in [0.4, 0.5) is 5.69 Å². The molecule has 3 rings (SSSR count). The standard InChI is InChI=1S/C17H13NO5/c1-9-6-11(4-5-14(9)18)22-12-3-2-10-7-13(16(19)20)17(21)23-15(10)8-12/h2-8H,18H2,1H3,(H,19,20).